The molecule has 0 spiro atoms. The Morgan fingerprint density at radius 3 is 2.62 bits per heavy atom. The van der Waals surface area contributed by atoms with Crippen molar-refractivity contribution in [3.63, 3.8) is 0 Å². The lowest BCUT2D eigenvalue weighted by Crippen LogP contribution is -2.32. The van der Waals surface area contributed by atoms with Gasteiger partial charge in [-0.2, -0.15) is 0 Å². The second kappa shape index (κ2) is 3.55. The standard InChI is InChI=1S/C8H11NO4/c1-3-6-4-7(11)9(8(6)12)13-5(2)10/h6H,3-4H2,1-2H3. The van der Waals surface area contributed by atoms with Crippen molar-refractivity contribution in [2.75, 3.05) is 0 Å². The molecule has 0 N–H and O–H groups in total. The van der Waals surface area contributed by atoms with Crippen molar-refractivity contribution in [1.29, 1.82) is 0 Å². The van der Waals surface area contributed by atoms with Crippen molar-refractivity contribution in [2.45, 2.75) is 26.7 Å². The van der Waals surface area contributed by atoms with Crippen LogP contribution >= 0.6 is 0 Å². The minimum absolute atomic E-state index is 0.141. The molecule has 0 aliphatic carbocycles. The van der Waals surface area contributed by atoms with Crippen molar-refractivity contribution < 1.29 is 19.2 Å². The fourth-order valence-corrected chi connectivity index (χ4v) is 1.21. The molecule has 0 aromatic rings. The molecule has 1 atom stereocenters. The zero-order chi connectivity index (χ0) is 10.0. The van der Waals surface area contributed by atoms with E-state index in [2.05, 4.69) is 4.84 Å². The van der Waals surface area contributed by atoms with E-state index in [0.717, 1.165) is 6.92 Å². The van der Waals surface area contributed by atoms with Gasteiger partial charge >= 0.3 is 5.97 Å². The first-order chi connectivity index (χ1) is 6.06. The Morgan fingerprint density at radius 2 is 2.23 bits per heavy atom. The third kappa shape index (κ3) is 1.85. The van der Waals surface area contributed by atoms with Crippen LogP contribution in [0.5, 0.6) is 0 Å². The lowest BCUT2D eigenvalue weighted by atomic mass is 10.1. The van der Waals surface area contributed by atoms with E-state index in [4.69, 9.17) is 0 Å². The average molecular weight is 185 g/mol. The van der Waals surface area contributed by atoms with Gasteiger partial charge in [0.2, 0.25) is 0 Å². The van der Waals surface area contributed by atoms with Crippen LogP contribution in [0.2, 0.25) is 0 Å². The molecule has 1 fully saturated rings. The summed E-state index contributed by atoms with van der Waals surface area (Å²) in [5, 5.41) is 0.566. The highest BCUT2D eigenvalue weighted by atomic mass is 16.7. The monoisotopic (exact) mass is 185 g/mol. The van der Waals surface area contributed by atoms with Gasteiger partial charge in [-0.3, -0.25) is 9.59 Å². The van der Waals surface area contributed by atoms with Gasteiger partial charge in [0.25, 0.3) is 11.8 Å². The van der Waals surface area contributed by atoms with Crippen LogP contribution in [0.4, 0.5) is 0 Å². The molecular weight excluding hydrogens is 174 g/mol. The summed E-state index contributed by atoms with van der Waals surface area (Å²) in [5.74, 6) is -1.83. The van der Waals surface area contributed by atoms with Gasteiger partial charge in [0.1, 0.15) is 0 Å². The number of rotatable bonds is 2. The molecule has 1 saturated heterocycles. The summed E-state index contributed by atoms with van der Waals surface area (Å²) in [4.78, 5) is 37.4. The van der Waals surface area contributed by atoms with Crippen LogP contribution in [-0.4, -0.2) is 22.8 Å². The highest BCUT2D eigenvalue weighted by Crippen LogP contribution is 2.22. The summed E-state index contributed by atoms with van der Waals surface area (Å²) >= 11 is 0. The summed E-state index contributed by atoms with van der Waals surface area (Å²) in [6.45, 7) is 2.97. The molecule has 1 heterocycles. The molecule has 13 heavy (non-hydrogen) atoms. The molecule has 0 radical (unpaired) electrons. The Balaban J connectivity index is 2.70. The van der Waals surface area contributed by atoms with Gasteiger partial charge in [-0.25, -0.2) is 4.79 Å². The van der Waals surface area contributed by atoms with Gasteiger partial charge in [-0.15, -0.1) is 5.06 Å². The molecule has 0 aromatic heterocycles. The van der Waals surface area contributed by atoms with Gasteiger partial charge in [0.05, 0.1) is 5.92 Å². The fourth-order valence-electron chi connectivity index (χ4n) is 1.21. The number of hydrogen-bond acceptors (Lipinski definition) is 4. The van der Waals surface area contributed by atoms with E-state index in [1.54, 1.807) is 0 Å². The number of hydroxylamine groups is 2. The largest absolute Gasteiger partial charge is 0.331 e. The van der Waals surface area contributed by atoms with Gasteiger partial charge in [-0.1, -0.05) is 6.92 Å². The highest BCUT2D eigenvalue weighted by molar-refractivity contribution is 6.03. The van der Waals surface area contributed by atoms with Gasteiger partial charge in [0.15, 0.2) is 0 Å². The second-order valence-corrected chi connectivity index (χ2v) is 2.92. The quantitative estimate of drug-likeness (QED) is 0.578. The maximum absolute atomic E-state index is 11.3. The van der Waals surface area contributed by atoms with E-state index < -0.39 is 17.8 Å². The van der Waals surface area contributed by atoms with Crippen LogP contribution in [0.25, 0.3) is 0 Å². The van der Waals surface area contributed by atoms with Crippen LogP contribution in [0, 0.1) is 5.92 Å². The lowest BCUT2D eigenvalue weighted by Gasteiger charge is -2.11. The van der Waals surface area contributed by atoms with Crippen molar-refractivity contribution in [1.82, 2.24) is 5.06 Å². The summed E-state index contributed by atoms with van der Waals surface area (Å²) in [7, 11) is 0. The summed E-state index contributed by atoms with van der Waals surface area (Å²) in [6, 6.07) is 0. The number of carbonyl (C=O) groups is 3. The maximum Gasteiger partial charge on any atom is 0.330 e. The maximum atomic E-state index is 11.3. The van der Waals surface area contributed by atoms with Crippen molar-refractivity contribution >= 4 is 17.8 Å². The third-order valence-corrected chi connectivity index (χ3v) is 1.91. The summed E-state index contributed by atoms with van der Waals surface area (Å²) in [6.07, 6.45) is 0.727. The van der Waals surface area contributed by atoms with Gasteiger partial charge in [0, 0.05) is 13.3 Å². The van der Waals surface area contributed by atoms with E-state index in [1.165, 1.54) is 0 Å². The topological polar surface area (TPSA) is 63.7 Å². The predicted octanol–water partition coefficient (Wildman–Crippen LogP) is 0.250. The molecule has 72 valence electrons. The Bertz CT molecular complexity index is 261. The number of amides is 2. The van der Waals surface area contributed by atoms with Crippen LogP contribution in [0.1, 0.15) is 26.7 Å². The van der Waals surface area contributed by atoms with E-state index in [0.29, 0.717) is 11.5 Å². The lowest BCUT2D eigenvalue weighted by molar-refractivity contribution is -0.196. The molecular formula is C8H11NO4. The molecule has 5 heteroatoms. The predicted molar refractivity (Wildman–Crippen MR) is 42.0 cm³/mol. The molecule has 1 rings (SSSR count). The SMILES string of the molecule is CCC1CC(=O)N(OC(C)=O)C1=O. The minimum Gasteiger partial charge on any atom is -0.331 e. The van der Waals surface area contributed by atoms with E-state index >= 15 is 0 Å². The van der Waals surface area contributed by atoms with Crippen LogP contribution in [0.15, 0.2) is 0 Å². The number of nitrogens with zero attached hydrogens (tertiary/aromatic N) is 1. The van der Waals surface area contributed by atoms with Crippen LogP contribution < -0.4 is 0 Å². The fraction of sp³-hybridized carbons (Fsp3) is 0.625. The van der Waals surface area contributed by atoms with Crippen molar-refractivity contribution in [3.8, 4) is 0 Å². The highest BCUT2D eigenvalue weighted by Gasteiger charge is 2.39. The number of imide groups is 1. The van der Waals surface area contributed by atoms with E-state index in [-0.39, 0.29) is 12.3 Å². The molecule has 1 aliphatic heterocycles. The third-order valence-electron chi connectivity index (χ3n) is 1.91. The zero-order valence-electron chi connectivity index (χ0n) is 7.57. The van der Waals surface area contributed by atoms with Crippen LogP contribution in [0.3, 0.4) is 0 Å². The average Bonchev–Trinajstić information content (AvgIpc) is 2.31. The Morgan fingerprint density at radius 1 is 1.62 bits per heavy atom. The van der Waals surface area contributed by atoms with Crippen molar-refractivity contribution in [2.24, 2.45) is 5.92 Å². The molecule has 2 amide bonds. The normalized spacial score (nSPS) is 22.3. The minimum atomic E-state index is -0.654. The van der Waals surface area contributed by atoms with Crippen molar-refractivity contribution in [3.05, 3.63) is 0 Å². The molecule has 0 aromatic carbocycles. The molecule has 1 unspecified atom stereocenters. The Hall–Kier alpha value is -1.39. The number of carbonyl (C=O) groups excluding carboxylic acids is 3. The Kier molecular flexibility index (Phi) is 2.65. The van der Waals surface area contributed by atoms with Gasteiger partial charge in [-0.05, 0) is 6.42 Å². The van der Waals surface area contributed by atoms with E-state index in [1.807, 2.05) is 6.92 Å². The van der Waals surface area contributed by atoms with Crippen LogP contribution in [-0.2, 0) is 19.2 Å². The molecule has 0 saturated carbocycles. The molecule has 0 bridgehead atoms. The van der Waals surface area contributed by atoms with Gasteiger partial charge < -0.3 is 4.84 Å². The van der Waals surface area contributed by atoms with E-state index in [9.17, 15) is 14.4 Å². The Labute approximate surface area is 75.6 Å². The molecule has 5 nitrogen and oxygen atoms in total. The first-order valence-electron chi connectivity index (χ1n) is 4.11. The summed E-state index contributed by atoms with van der Waals surface area (Å²) < 4.78 is 0. The number of hydrogen-bond donors (Lipinski definition) is 0. The molecule has 1 aliphatic rings. The first-order valence-corrected chi connectivity index (χ1v) is 4.11. The first kappa shape index (κ1) is 9.70. The second-order valence-electron chi connectivity index (χ2n) is 2.92. The summed E-state index contributed by atoms with van der Waals surface area (Å²) in [5.41, 5.74) is 0. The smallest absolute Gasteiger partial charge is 0.330 e. The zero-order valence-corrected chi connectivity index (χ0v) is 7.57.